The van der Waals surface area contributed by atoms with Crippen molar-refractivity contribution in [1.82, 2.24) is 0 Å². The number of carbonyl (C=O) groups excluding carboxylic acids is 1. The molecule has 0 saturated carbocycles. The molecule has 0 aromatic rings. The predicted molar refractivity (Wildman–Crippen MR) is 86.2 cm³/mol. The van der Waals surface area contributed by atoms with Crippen molar-refractivity contribution in [3.8, 4) is 12.1 Å². The largest absolute Gasteiger partial charge is 0.374 e. The summed E-state index contributed by atoms with van der Waals surface area (Å²) in [4.78, 5) is 10.4. The lowest BCUT2D eigenvalue weighted by Gasteiger charge is -2.15. The molecule has 140 valence electrons. The monoisotopic (exact) mass is 354 g/mol. The summed E-state index contributed by atoms with van der Waals surface area (Å²) in [6.07, 6.45) is 0.696. The van der Waals surface area contributed by atoms with E-state index in [1.165, 1.54) is 0 Å². The van der Waals surface area contributed by atoms with Gasteiger partial charge >= 0.3 is 0 Å². The lowest BCUT2D eigenvalue weighted by atomic mass is 9.99. The average molecular weight is 354 g/mol. The number of rotatable bonds is 0. The molecule has 0 spiro atoms. The van der Waals surface area contributed by atoms with Crippen molar-refractivity contribution in [2.24, 2.45) is 0 Å². The molecular weight excluding hydrogens is 328 g/mol. The van der Waals surface area contributed by atoms with E-state index in [-0.39, 0.29) is 24.1 Å². The Morgan fingerprint density at radius 1 is 0.920 bits per heavy atom. The van der Waals surface area contributed by atoms with Crippen LogP contribution >= 0.6 is 0 Å². The normalized spacial score (nSPS) is 39.5. The van der Waals surface area contributed by atoms with E-state index in [0.717, 1.165) is 0 Å². The Morgan fingerprint density at radius 3 is 1.48 bits per heavy atom. The van der Waals surface area contributed by atoms with E-state index in [1.54, 1.807) is 20.8 Å². The molecule has 0 bridgehead atoms. The standard InChI is InChI=1S/2C6H9NO2.C5H8O2/c2*1-5-6(8,4-7)2-3-9-5;1-4-5(6)2-3-7-4/h2*5,8H,2-3H2,1H3;4H,2-3H2,1H3/t5-,6+;5-,6-;/m01./s1. The van der Waals surface area contributed by atoms with Crippen LogP contribution in [0.15, 0.2) is 0 Å². The zero-order valence-corrected chi connectivity index (χ0v) is 14.9. The van der Waals surface area contributed by atoms with Crippen molar-refractivity contribution in [3.05, 3.63) is 0 Å². The molecule has 8 heteroatoms. The second-order valence-corrected chi connectivity index (χ2v) is 6.33. The van der Waals surface area contributed by atoms with Gasteiger partial charge in [0.1, 0.15) is 18.2 Å². The van der Waals surface area contributed by atoms with Crippen LogP contribution in [-0.4, -0.2) is 65.3 Å². The maximum absolute atomic E-state index is 10.4. The number of ether oxygens (including phenoxy) is 3. The summed E-state index contributed by atoms with van der Waals surface area (Å²) in [5.74, 6) is 0.236. The van der Waals surface area contributed by atoms with Crippen molar-refractivity contribution >= 4 is 5.78 Å². The smallest absolute Gasteiger partial charge is 0.179 e. The summed E-state index contributed by atoms with van der Waals surface area (Å²) in [5.41, 5.74) is -2.44. The minimum absolute atomic E-state index is 0.125. The molecule has 5 atom stereocenters. The molecule has 0 aromatic carbocycles. The second kappa shape index (κ2) is 9.23. The third-order valence-electron chi connectivity index (χ3n) is 4.60. The van der Waals surface area contributed by atoms with Gasteiger partial charge in [0.25, 0.3) is 0 Å². The van der Waals surface area contributed by atoms with Crippen LogP contribution in [0, 0.1) is 22.7 Å². The molecule has 1 unspecified atom stereocenters. The van der Waals surface area contributed by atoms with E-state index in [1.807, 2.05) is 12.1 Å². The van der Waals surface area contributed by atoms with Gasteiger partial charge in [-0.15, -0.1) is 0 Å². The van der Waals surface area contributed by atoms with Gasteiger partial charge < -0.3 is 24.4 Å². The third-order valence-corrected chi connectivity index (χ3v) is 4.60. The SMILES string of the molecule is CC1OCCC1=O.C[C@@H]1OCC[C@@]1(O)C#N.C[C@H]1OCC[C@@]1(O)C#N. The van der Waals surface area contributed by atoms with Crippen LogP contribution in [0.1, 0.15) is 40.0 Å². The van der Waals surface area contributed by atoms with Crippen LogP contribution in [0.4, 0.5) is 0 Å². The molecule has 3 saturated heterocycles. The summed E-state index contributed by atoms with van der Waals surface area (Å²) >= 11 is 0. The van der Waals surface area contributed by atoms with Crippen LogP contribution in [0.2, 0.25) is 0 Å². The van der Waals surface area contributed by atoms with Crippen LogP contribution in [0.3, 0.4) is 0 Å². The second-order valence-electron chi connectivity index (χ2n) is 6.33. The van der Waals surface area contributed by atoms with Crippen molar-refractivity contribution < 1.29 is 29.2 Å². The maximum Gasteiger partial charge on any atom is 0.179 e. The molecule has 8 nitrogen and oxygen atoms in total. The molecule has 3 rings (SSSR count). The highest BCUT2D eigenvalue weighted by molar-refractivity contribution is 5.84. The first-order valence-electron chi connectivity index (χ1n) is 8.33. The van der Waals surface area contributed by atoms with Crippen molar-refractivity contribution in [2.75, 3.05) is 19.8 Å². The van der Waals surface area contributed by atoms with Gasteiger partial charge in [-0.1, -0.05) is 0 Å². The van der Waals surface area contributed by atoms with Crippen molar-refractivity contribution in [1.29, 1.82) is 10.5 Å². The molecule has 0 aromatic heterocycles. The Balaban J connectivity index is 0.000000189. The van der Waals surface area contributed by atoms with Gasteiger partial charge in [0.15, 0.2) is 17.0 Å². The molecule has 0 aliphatic carbocycles. The molecule has 3 fully saturated rings. The third kappa shape index (κ3) is 5.74. The van der Waals surface area contributed by atoms with Gasteiger partial charge in [-0.25, -0.2) is 0 Å². The molecule has 3 aliphatic heterocycles. The van der Waals surface area contributed by atoms with E-state index in [0.29, 0.717) is 39.1 Å². The quantitative estimate of drug-likeness (QED) is 0.600. The zero-order chi connectivity index (χ0) is 19.1. The Labute approximate surface area is 147 Å². The number of hydrogen-bond donors (Lipinski definition) is 2. The summed E-state index contributed by atoms with van der Waals surface area (Å²) in [6.45, 7) is 6.80. The van der Waals surface area contributed by atoms with E-state index >= 15 is 0 Å². The number of aliphatic hydroxyl groups is 2. The molecule has 2 N–H and O–H groups in total. The highest BCUT2D eigenvalue weighted by atomic mass is 16.5. The highest BCUT2D eigenvalue weighted by Gasteiger charge is 2.40. The lowest BCUT2D eigenvalue weighted by molar-refractivity contribution is -0.121. The van der Waals surface area contributed by atoms with E-state index in [4.69, 9.17) is 24.7 Å². The fourth-order valence-corrected chi connectivity index (χ4v) is 2.39. The molecule has 25 heavy (non-hydrogen) atoms. The van der Waals surface area contributed by atoms with Gasteiger partial charge in [-0.2, -0.15) is 10.5 Å². The highest BCUT2D eigenvalue weighted by Crippen LogP contribution is 2.24. The first-order valence-corrected chi connectivity index (χ1v) is 8.33. The first kappa shape index (κ1) is 21.5. The number of ketones is 1. The number of nitriles is 2. The minimum atomic E-state index is -1.22. The van der Waals surface area contributed by atoms with Crippen LogP contribution in [0.25, 0.3) is 0 Å². The van der Waals surface area contributed by atoms with Gasteiger partial charge in [0.2, 0.25) is 0 Å². The topological polar surface area (TPSA) is 133 Å². The summed E-state index contributed by atoms with van der Waals surface area (Å²) in [6, 6.07) is 3.64. The lowest BCUT2D eigenvalue weighted by Crippen LogP contribution is -2.33. The van der Waals surface area contributed by atoms with E-state index < -0.39 is 11.2 Å². The van der Waals surface area contributed by atoms with Crippen LogP contribution < -0.4 is 0 Å². The molecule has 0 amide bonds. The first-order chi connectivity index (χ1) is 11.7. The summed E-state index contributed by atoms with van der Waals surface area (Å²) < 4.78 is 14.9. The van der Waals surface area contributed by atoms with Gasteiger partial charge in [-0.3, -0.25) is 4.79 Å². The fourth-order valence-electron chi connectivity index (χ4n) is 2.39. The van der Waals surface area contributed by atoms with Gasteiger partial charge in [-0.05, 0) is 20.8 Å². The number of nitrogens with zero attached hydrogens (tertiary/aromatic N) is 2. The molecule has 3 aliphatic rings. The van der Waals surface area contributed by atoms with Gasteiger partial charge in [0.05, 0.1) is 32.0 Å². The van der Waals surface area contributed by atoms with Crippen LogP contribution in [-0.2, 0) is 19.0 Å². The average Bonchev–Trinajstić information content (AvgIpc) is 3.24. The Bertz CT molecular complexity index is 506. The van der Waals surface area contributed by atoms with Crippen molar-refractivity contribution in [2.45, 2.75) is 69.5 Å². The zero-order valence-electron chi connectivity index (χ0n) is 14.9. The summed E-state index contributed by atoms with van der Waals surface area (Å²) in [7, 11) is 0. The Morgan fingerprint density at radius 2 is 1.36 bits per heavy atom. The van der Waals surface area contributed by atoms with Crippen molar-refractivity contribution in [3.63, 3.8) is 0 Å². The van der Waals surface area contributed by atoms with Crippen LogP contribution in [0.5, 0.6) is 0 Å². The predicted octanol–water partition coefficient (Wildman–Crippen LogP) is 0.464. The molecule has 0 radical (unpaired) electrons. The maximum atomic E-state index is 10.4. The molecule has 3 heterocycles. The Hall–Kier alpha value is -1.55. The molecular formula is C17H26N2O6. The van der Waals surface area contributed by atoms with E-state index in [9.17, 15) is 15.0 Å². The van der Waals surface area contributed by atoms with Gasteiger partial charge in [0, 0.05) is 19.3 Å². The Kier molecular flexibility index (Phi) is 7.94. The summed E-state index contributed by atoms with van der Waals surface area (Å²) in [5, 5.41) is 35.4. The fraction of sp³-hybridized carbons (Fsp3) is 0.824. The van der Waals surface area contributed by atoms with E-state index in [2.05, 4.69) is 0 Å². The number of carbonyl (C=O) groups is 1. The minimum Gasteiger partial charge on any atom is -0.374 e. The number of Topliss-reactive ketones (excluding diaryl/α,β-unsaturated/α-hetero) is 1. The number of hydrogen-bond acceptors (Lipinski definition) is 8.